The van der Waals surface area contributed by atoms with Crippen LogP contribution in [0.5, 0.6) is 5.75 Å². The summed E-state index contributed by atoms with van der Waals surface area (Å²) in [5.74, 6) is 1.02. The van der Waals surface area contributed by atoms with E-state index in [1.807, 2.05) is 0 Å². The van der Waals surface area contributed by atoms with E-state index in [-0.39, 0.29) is 0 Å². The van der Waals surface area contributed by atoms with Gasteiger partial charge < -0.3 is 10.1 Å². The first-order valence-corrected chi connectivity index (χ1v) is 7.11. The van der Waals surface area contributed by atoms with Gasteiger partial charge in [0.1, 0.15) is 12.4 Å². The van der Waals surface area contributed by atoms with Gasteiger partial charge in [0.25, 0.3) is 0 Å². The first-order chi connectivity index (χ1) is 8.69. The Hall–Kier alpha value is -1.02. The predicted molar refractivity (Wildman–Crippen MR) is 78.4 cm³/mol. The van der Waals surface area contributed by atoms with Crippen LogP contribution in [0.2, 0.25) is 0 Å². The number of hydrogen-bond acceptors (Lipinski definition) is 2. The average molecular weight is 249 g/mol. The Morgan fingerprint density at radius 3 is 2.61 bits per heavy atom. The maximum absolute atomic E-state index is 5.97. The quantitative estimate of drug-likeness (QED) is 0.755. The van der Waals surface area contributed by atoms with Gasteiger partial charge in [0, 0.05) is 6.04 Å². The van der Waals surface area contributed by atoms with Gasteiger partial charge in [0.05, 0.1) is 0 Å². The Morgan fingerprint density at radius 1 is 1.17 bits per heavy atom. The topological polar surface area (TPSA) is 21.3 Å². The standard InChI is InChI=1S/C16H27NO/c1-5-8-15(17-11-6-2)12-18-16-10-7-9-13(3)14(16)4/h7,9-10,15,17H,5-6,8,11-12H2,1-4H3. The van der Waals surface area contributed by atoms with E-state index in [4.69, 9.17) is 4.74 Å². The van der Waals surface area contributed by atoms with Gasteiger partial charge in [-0.15, -0.1) is 0 Å². The normalized spacial score (nSPS) is 12.4. The molecule has 0 bridgehead atoms. The molecule has 2 nitrogen and oxygen atoms in total. The molecule has 1 aromatic rings. The molecule has 0 amide bonds. The Labute approximate surface area is 112 Å². The Morgan fingerprint density at radius 2 is 1.94 bits per heavy atom. The third-order valence-corrected chi connectivity index (χ3v) is 3.32. The Bertz CT molecular complexity index is 349. The van der Waals surface area contributed by atoms with E-state index < -0.39 is 0 Å². The summed E-state index contributed by atoms with van der Waals surface area (Å²) < 4.78 is 5.97. The lowest BCUT2D eigenvalue weighted by molar-refractivity contribution is 0.254. The van der Waals surface area contributed by atoms with Crippen LogP contribution in [-0.4, -0.2) is 19.2 Å². The van der Waals surface area contributed by atoms with Crippen LogP contribution in [0.15, 0.2) is 18.2 Å². The molecule has 1 N–H and O–H groups in total. The number of aryl methyl sites for hydroxylation is 1. The van der Waals surface area contributed by atoms with Gasteiger partial charge in [-0.2, -0.15) is 0 Å². The van der Waals surface area contributed by atoms with Crippen molar-refractivity contribution in [2.45, 2.75) is 53.0 Å². The van der Waals surface area contributed by atoms with Crippen molar-refractivity contribution in [1.29, 1.82) is 0 Å². The molecule has 1 unspecified atom stereocenters. The third-order valence-electron chi connectivity index (χ3n) is 3.32. The minimum atomic E-state index is 0.467. The second-order valence-electron chi connectivity index (χ2n) is 4.95. The summed E-state index contributed by atoms with van der Waals surface area (Å²) in [5, 5.41) is 3.55. The molecule has 0 radical (unpaired) electrons. The number of ether oxygens (including phenoxy) is 1. The summed E-state index contributed by atoms with van der Waals surface area (Å²) in [4.78, 5) is 0. The average Bonchev–Trinajstić information content (AvgIpc) is 2.37. The van der Waals surface area contributed by atoms with E-state index in [0.717, 1.165) is 18.9 Å². The molecule has 18 heavy (non-hydrogen) atoms. The lowest BCUT2D eigenvalue weighted by Gasteiger charge is -2.19. The maximum Gasteiger partial charge on any atom is 0.122 e. The predicted octanol–water partition coefficient (Wildman–Crippen LogP) is 3.85. The van der Waals surface area contributed by atoms with E-state index in [9.17, 15) is 0 Å². The molecule has 0 aliphatic carbocycles. The number of benzene rings is 1. The molecular formula is C16H27NO. The van der Waals surface area contributed by atoms with Crippen LogP contribution in [0, 0.1) is 13.8 Å². The van der Waals surface area contributed by atoms with Crippen molar-refractivity contribution in [3.8, 4) is 5.75 Å². The van der Waals surface area contributed by atoms with Crippen molar-refractivity contribution in [3.63, 3.8) is 0 Å². The number of rotatable bonds is 8. The van der Waals surface area contributed by atoms with Gasteiger partial charge in [-0.3, -0.25) is 0 Å². The zero-order valence-corrected chi connectivity index (χ0v) is 12.3. The largest absolute Gasteiger partial charge is 0.492 e. The fraction of sp³-hybridized carbons (Fsp3) is 0.625. The highest BCUT2D eigenvalue weighted by atomic mass is 16.5. The summed E-state index contributed by atoms with van der Waals surface area (Å²) in [5.41, 5.74) is 2.55. The molecule has 2 heteroatoms. The highest BCUT2D eigenvalue weighted by Crippen LogP contribution is 2.20. The molecule has 0 fully saturated rings. The van der Waals surface area contributed by atoms with Gasteiger partial charge in [-0.1, -0.05) is 32.4 Å². The van der Waals surface area contributed by atoms with Crippen molar-refractivity contribution in [1.82, 2.24) is 5.32 Å². The minimum Gasteiger partial charge on any atom is -0.492 e. The van der Waals surface area contributed by atoms with E-state index in [0.29, 0.717) is 6.04 Å². The fourth-order valence-corrected chi connectivity index (χ4v) is 2.01. The zero-order chi connectivity index (χ0) is 13.4. The lowest BCUT2D eigenvalue weighted by Crippen LogP contribution is -2.35. The second-order valence-corrected chi connectivity index (χ2v) is 4.95. The van der Waals surface area contributed by atoms with Crippen LogP contribution < -0.4 is 10.1 Å². The number of nitrogens with one attached hydrogen (secondary N) is 1. The van der Waals surface area contributed by atoms with Crippen molar-refractivity contribution in [3.05, 3.63) is 29.3 Å². The summed E-state index contributed by atoms with van der Waals surface area (Å²) >= 11 is 0. The zero-order valence-electron chi connectivity index (χ0n) is 12.3. The van der Waals surface area contributed by atoms with Crippen molar-refractivity contribution in [2.24, 2.45) is 0 Å². The molecule has 0 heterocycles. The highest BCUT2D eigenvalue weighted by Gasteiger charge is 2.09. The van der Waals surface area contributed by atoms with Gasteiger partial charge in [0.2, 0.25) is 0 Å². The summed E-state index contributed by atoms with van der Waals surface area (Å²) in [6.45, 7) is 10.5. The smallest absolute Gasteiger partial charge is 0.122 e. The molecule has 0 saturated carbocycles. The SMILES string of the molecule is CCCNC(CCC)COc1cccc(C)c1C. The van der Waals surface area contributed by atoms with Crippen LogP contribution in [0.3, 0.4) is 0 Å². The molecule has 0 aliphatic heterocycles. The first kappa shape index (κ1) is 15.0. The second kappa shape index (κ2) is 8.15. The molecule has 0 saturated heterocycles. The highest BCUT2D eigenvalue weighted by molar-refractivity contribution is 5.38. The van der Waals surface area contributed by atoms with Crippen LogP contribution in [0.25, 0.3) is 0 Å². The van der Waals surface area contributed by atoms with E-state index >= 15 is 0 Å². The van der Waals surface area contributed by atoms with Crippen molar-refractivity contribution < 1.29 is 4.74 Å². The van der Waals surface area contributed by atoms with Gasteiger partial charge >= 0.3 is 0 Å². The van der Waals surface area contributed by atoms with Crippen molar-refractivity contribution in [2.75, 3.05) is 13.2 Å². The molecular weight excluding hydrogens is 222 g/mol. The monoisotopic (exact) mass is 249 g/mol. The van der Waals surface area contributed by atoms with Crippen molar-refractivity contribution >= 4 is 0 Å². The summed E-state index contributed by atoms with van der Waals surface area (Å²) in [7, 11) is 0. The fourth-order valence-electron chi connectivity index (χ4n) is 2.01. The Kier molecular flexibility index (Phi) is 6.81. The third kappa shape index (κ3) is 4.69. The van der Waals surface area contributed by atoms with Gasteiger partial charge in [-0.25, -0.2) is 0 Å². The summed E-state index contributed by atoms with van der Waals surface area (Å²) in [6.07, 6.45) is 3.53. The summed E-state index contributed by atoms with van der Waals surface area (Å²) in [6, 6.07) is 6.72. The van der Waals surface area contributed by atoms with Crippen LogP contribution in [0.1, 0.15) is 44.2 Å². The lowest BCUT2D eigenvalue weighted by atomic mass is 10.1. The first-order valence-electron chi connectivity index (χ1n) is 7.11. The molecule has 0 aromatic heterocycles. The van der Waals surface area contributed by atoms with E-state index in [2.05, 4.69) is 51.2 Å². The van der Waals surface area contributed by atoms with Crippen LogP contribution in [0.4, 0.5) is 0 Å². The van der Waals surface area contributed by atoms with Gasteiger partial charge in [0.15, 0.2) is 0 Å². The van der Waals surface area contributed by atoms with E-state index in [1.165, 1.54) is 30.4 Å². The molecule has 0 spiro atoms. The molecule has 102 valence electrons. The number of hydrogen-bond donors (Lipinski definition) is 1. The van der Waals surface area contributed by atoms with Crippen LogP contribution >= 0.6 is 0 Å². The van der Waals surface area contributed by atoms with Crippen LogP contribution in [-0.2, 0) is 0 Å². The molecule has 1 atom stereocenters. The minimum absolute atomic E-state index is 0.467. The van der Waals surface area contributed by atoms with E-state index in [1.54, 1.807) is 0 Å². The Balaban J connectivity index is 2.52. The molecule has 1 rings (SSSR count). The molecule has 1 aromatic carbocycles. The van der Waals surface area contributed by atoms with Gasteiger partial charge in [-0.05, 0) is 50.4 Å². The maximum atomic E-state index is 5.97. The molecule has 0 aliphatic rings.